The second kappa shape index (κ2) is 7.04. The molecule has 1 amide bonds. The van der Waals surface area contributed by atoms with Crippen molar-refractivity contribution in [1.82, 2.24) is 24.9 Å². The standard InChI is InChI=1S/C22H25FN6O/c1-22(2)8-3-5-17-15(11-14(23)12-24-17)18-6-4-9-28(18)19-7-10-29-20(26-19)16(13-25-29)21(30)27-22/h7,10-13,18H,3-6,8-9H2,1-2H3,(H,27,30). The molecule has 0 aromatic carbocycles. The van der Waals surface area contributed by atoms with Crippen molar-refractivity contribution in [2.24, 2.45) is 0 Å². The molecule has 0 radical (unpaired) electrons. The SMILES string of the molecule is CC1(C)CCCc2ncc(F)cc2C2CCCN2c2ccn3ncc(c3n2)C(=O)N1. The number of anilines is 1. The van der Waals surface area contributed by atoms with E-state index in [2.05, 4.69) is 20.3 Å². The van der Waals surface area contributed by atoms with Gasteiger partial charge in [0, 0.05) is 24.0 Å². The quantitative estimate of drug-likeness (QED) is 0.617. The lowest BCUT2D eigenvalue weighted by Gasteiger charge is -2.29. The Morgan fingerprint density at radius 1 is 1.27 bits per heavy atom. The molecule has 3 aromatic rings. The van der Waals surface area contributed by atoms with Gasteiger partial charge in [0.2, 0.25) is 0 Å². The maximum atomic E-state index is 14.2. The Hall–Kier alpha value is -3.03. The fourth-order valence-electron chi connectivity index (χ4n) is 4.66. The zero-order valence-electron chi connectivity index (χ0n) is 17.2. The summed E-state index contributed by atoms with van der Waals surface area (Å²) in [5.74, 6) is 0.289. The van der Waals surface area contributed by atoms with Crippen LogP contribution in [0.15, 0.2) is 30.7 Å². The maximum absolute atomic E-state index is 14.2. The second-order valence-corrected chi connectivity index (χ2v) is 8.84. The fraction of sp³-hybridized carbons (Fsp3) is 0.455. The largest absolute Gasteiger partial charge is 0.349 e. The van der Waals surface area contributed by atoms with E-state index in [1.807, 2.05) is 26.1 Å². The molecule has 8 heteroatoms. The van der Waals surface area contributed by atoms with Gasteiger partial charge in [0.25, 0.3) is 5.91 Å². The summed E-state index contributed by atoms with van der Waals surface area (Å²) in [4.78, 5) is 24.4. The predicted molar refractivity (Wildman–Crippen MR) is 111 cm³/mol. The van der Waals surface area contributed by atoms with Crippen molar-refractivity contribution in [3.8, 4) is 0 Å². The van der Waals surface area contributed by atoms with Gasteiger partial charge in [-0.2, -0.15) is 5.10 Å². The topological polar surface area (TPSA) is 75.4 Å². The lowest BCUT2D eigenvalue weighted by Crippen LogP contribution is -2.43. The van der Waals surface area contributed by atoms with Gasteiger partial charge in [0.1, 0.15) is 17.2 Å². The molecule has 1 unspecified atom stereocenters. The van der Waals surface area contributed by atoms with Crippen molar-refractivity contribution < 1.29 is 9.18 Å². The van der Waals surface area contributed by atoms with Crippen LogP contribution in [-0.4, -0.2) is 37.6 Å². The number of aromatic nitrogens is 4. The van der Waals surface area contributed by atoms with E-state index in [1.54, 1.807) is 16.8 Å². The molecule has 0 aliphatic carbocycles. The van der Waals surface area contributed by atoms with Crippen LogP contribution in [0.2, 0.25) is 0 Å². The Balaban J connectivity index is 1.67. The van der Waals surface area contributed by atoms with Crippen LogP contribution in [0.4, 0.5) is 10.2 Å². The number of carbonyl (C=O) groups is 1. The molecular weight excluding hydrogens is 383 g/mol. The number of hydrogen-bond donors (Lipinski definition) is 1. The molecule has 5 rings (SSSR count). The molecular formula is C22H25FN6O. The van der Waals surface area contributed by atoms with Crippen LogP contribution in [0.3, 0.4) is 0 Å². The molecule has 0 spiro atoms. The van der Waals surface area contributed by atoms with E-state index in [4.69, 9.17) is 4.98 Å². The highest BCUT2D eigenvalue weighted by Gasteiger charge is 2.31. The lowest BCUT2D eigenvalue weighted by molar-refractivity contribution is 0.0910. The highest BCUT2D eigenvalue weighted by atomic mass is 19.1. The van der Waals surface area contributed by atoms with Gasteiger partial charge in [0.05, 0.1) is 18.4 Å². The van der Waals surface area contributed by atoms with Crippen LogP contribution < -0.4 is 10.2 Å². The molecule has 0 saturated carbocycles. The van der Waals surface area contributed by atoms with Crippen molar-refractivity contribution in [2.75, 3.05) is 11.4 Å². The number of carbonyl (C=O) groups excluding carboxylic acids is 1. The van der Waals surface area contributed by atoms with Gasteiger partial charge >= 0.3 is 0 Å². The monoisotopic (exact) mass is 408 g/mol. The summed E-state index contributed by atoms with van der Waals surface area (Å²) in [7, 11) is 0. The first kappa shape index (κ1) is 19.0. The molecule has 1 N–H and O–H groups in total. The molecule has 2 aliphatic rings. The van der Waals surface area contributed by atoms with Crippen molar-refractivity contribution in [1.29, 1.82) is 0 Å². The average molecular weight is 408 g/mol. The number of amides is 1. The molecule has 7 nitrogen and oxygen atoms in total. The Morgan fingerprint density at radius 2 is 2.13 bits per heavy atom. The third-order valence-electron chi connectivity index (χ3n) is 6.14. The minimum atomic E-state index is -0.396. The van der Waals surface area contributed by atoms with Gasteiger partial charge in [-0.25, -0.2) is 13.9 Å². The molecule has 1 fully saturated rings. The van der Waals surface area contributed by atoms with Gasteiger partial charge in [-0.15, -0.1) is 0 Å². The third-order valence-corrected chi connectivity index (χ3v) is 6.14. The van der Waals surface area contributed by atoms with Crippen molar-refractivity contribution >= 4 is 17.4 Å². The van der Waals surface area contributed by atoms with E-state index < -0.39 is 5.54 Å². The zero-order chi connectivity index (χ0) is 20.9. The van der Waals surface area contributed by atoms with Crippen LogP contribution in [0.1, 0.15) is 67.2 Å². The number of rotatable bonds is 0. The van der Waals surface area contributed by atoms with Crippen LogP contribution in [0.25, 0.3) is 5.65 Å². The van der Waals surface area contributed by atoms with Crippen LogP contribution in [0.5, 0.6) is 0 Å². The Bertz CT molecular complexity index is 1120. The zero-order valence-corrected chi connectivity index (χ0v) is 17.2. The van der Waals surface area contributed by atoms with E-state index in [9.17, 15) is 9.18 Å². The summed E-state index contributed by atoms with van der Waals surface area (Å²) in [5, 5.41) is 7.42. The normalized spacial score (nSPS) is 21.2. The molecule has 2 bridgehead atoms. The molecule has 5 heterocycles. The highest BCUT2D eigenvalue weighted by molar-refractivity contribution is 6.00. The number of hydrogen-bond acceptors (Lipinski definition) is 5. The summed E-state index contributed by atoms with van der Waals surface area (Å²) in [6.45, 7) is 4.85. The molecule has 3 aromatic heterocycles. The first-order valence-electron chi connectivity index (χ1n) is 10.5. The minimum Gasteiger partial charge on any atom is -0.349 e. The number of pyridine rings is 1. The lowest BCUT2D eigenvalue weighted by atomic mass is 9.93. The number of nitrogens with zero attached hydrogens (tertiary/aromatic N) is 5. The van der Waals surface area contributed by atoms with Crippen molar-refractivity contribution in [3.63, 3.8) is 0 Å². The number of halogens is 1. The van der Waals surface area contributed by atoms with Crippen LogP contribution in [-0.2, 0) is 6.42 Å². The van der Waals surface area contributed by atoms with E-state index >= 15 is 0 Å². The third kappa shape index (κ3) is 3.30. The van der Waals surface area contributed by atoms with E-state index in [1.165, 1.54) is 6.20 Å². The summed E-state index contributed by atoms with van der Waals surface area (Å²) < 4.78 is 15.8. The number of nitrogens with one attached hydrogen (secondary N) is 1. The number of fused-ring (bicyclic) bond motifs is 5. The summed E-state index contributed by atoms with van der Waals surface area (Å²) >= 11 is 0. The average Bonchev–Trinajstić information content (AvgIpc) is 3.34. The van der Waals surface area contributed by atoms with Crippen molar-refractivity contribution in [3.05, 3.63) is 53.4 Å². The molecule has 156 valence electrons. The van der Waals surface area contributed by atoms with Gasteiger partial charge in [0.15, 0.2) is 5.65 Å². The molecule has 2 aliphatic heterocycles. The van der Waals surface area contributed by atoms with E-state index in [0.29, 0.717) is 11.2 Å². The van der Waals surface area contributed by atoms with E-state index in [-0.39, 0.29) is 17.8 Å². The van der Waals surface area contributed by atoms with Gasteiger partial charge in [-0.05, 0) is 63.6 Å². The first-order valence-corrected chi connectivity index (χ1v) is 10.5. The fourth-order valence-corrected chi connectivity index (χ4v) is 4.66. The van der Waals surface area contributed by atoms with Gasteiger partial charge in [-0.1, -0.05) is 0 Å². The summed E-state index contributed by atoms with van der Waals surface area (Å²) in [5.41, 5.74) is 2.47. The Morgan fingerprint density at radius 3 is 3.00 bits per heavy atom. The van der Waals surface area contributed by atoms with Crippen molar-refractivity contribution in [2.45, 2.75) is 57.5 Å². The Labute approximate surface area is 174 Å². The van der Waals surface area contributed by atoms with E-state index in [0.717, 1.165) is 55.7 Å². The van der Waals surface area contributed by atoms with Gasteiger partial charge < -0.3 is 10.2 Å². The summed E-state index contributed by atoms with van der Waals surface area (Å²) in [6.07, 6.45) is 8.98. The first-order chi connectivity index (χ1) is 14.4. The minimum absolute atomic E-state index is 0.0225. The highest BCUT2D eigenvalue weighted by Crippen LogP contribution is 2.37. The smallest absolute Gasteiger partial charge is 0.257 e. The van der Waals surface area contributed by atoms with Gasteiger partial charge in [-0.3, -0.25) is 9.78 Å². The molecule has 30 heavy (non-hydrogen) atoms. The molecule has 1 saturated heterocycles. The number of aryl methyl sites for hydroxylation is 1. The van der Waals surface area contributed by atoms with Crippen LogP contribution >= 0.6 is 0 Å². The Kier molecular flexibility index (Phi) is 4.45. The van der Waals surface area contributed by atoms with Crippen LogP contribution in [0, 0.1) is 5.82 Å². The summed E-state index contributed by atoms with van der Waals surface area (Å²) in [6, 6.07) is 3.56. The molecule has 1 atom stereocenters. The predicted octanol–water partition coefficient (Wildman–Crippen LogP) is 3.45. The maximum Gasteiger partial charge on any atom is 0.257 e. The second-order valence-electron chi connectivity index (χ2n) is 8.84.